The molecule has 0 aromatic carbocycles. The fourth-order valence-electron chi connectivity index (χ4n) is 0.518. The molecule has 0 heterocycles. The maximum absolute atomic E-state index is 5.32. The molecule has 0 aromatic rings. The lowest BCUT2D eigenvalue weighted by molar-refractivity contribution is 0.870. The highest BCUT2D eigenvalue weighted by molar-refractivity contribution is 6.83. The fraction of sp³-hybridized carbons (Fsp3) is 0.750. The number of hydrogen-bond donors (Lipinski definition) is 1. The zero-order chi connectivity index (χ0) is 8.04. The third-order valence-corrected chi connectivity index (χ3v) is 1.90. The van der Waals surface area contributed by atoms with Crippen LogP contribution in [0.1, 0.15) is 12.8 Å². The van der Waals surface area contributed by atoms with Gasteiger partial charge in [-0.2, -0.15) is 0 Å². The van der Waals surface area contributed by atoms with Gasteiger partial charge in [-0.1, -0.05) is 19.6 Å². The van der Waals surface area contributed by atoms with Crippen molar-refractivity contribution < 1.29 is 0 Å². The van der Waals surface area contributed by atoms with E-state index < -0.39 is 8.07 Å². The van der Waals surface area contributed by atoms with E-state index in [0.29, 0.717) is 0 Å². The number of hydrogen-bond acceptors (Lipinski definition) is 1. The zero-order valence-corrected chi connectivity index (χ0v) is 8.20. The van der Waals surface area contributed by atoms with Crippen molar-refractivity contribution in [3.8, 4) is 11.5 Å². The summed E-state index contributed by atoms with van der Waals surface area (Å²) in [4.78, 5) is 0. The highest BCUT2D eigenvalue weighted by atomic mass is 28.3. The van der Waals surface area contributed by atoms with E-state index in [1.807, 2.05) is 0 Å². The van der Waals surface area contributed by atoms with Gasteiger partial charge in [0, 0.05) is 6.42 Å². The van der Waals surface area contributed by atoms with Gasteiger partial charge in [0.05, 0.1) is 0 Å². The summed E-state index contributed by atoms with van der Waals surface area (Å²) in [7, 11) is -1.11. The predicted octanol–water partition coefficient (Wildman–Crippen LogP) is 1.61. The molecule has 2 heteroatoms. The van der Waals surface area contributed by atoms with Crippen LogP contribution in [0.3, 0.4) is 0 Å². The zero-order valence-electron chi connectivity index (χ0n) is 7.20. The third kappa shape index (κ3) is 7.74. The van der Waals surface area contributed by atoms with Crippen LogP contribution in [0.4, 0.5) is 0 Å². The molecule has 0 aromatic heterocycles. The van der Waals surface area contributed by atoms with E-state index in [4.69, 9.17) is 5.73 Å². The lowest BCUT2D eigenvalue weighted by Gasteiger charge is -2.02. The molecule has 58 valence electrons. The summed E-state index contributed by atoms with van der Waals surface area (Å²) in [6, 6.07) is 0. The summed E-state index contributed by atoms with van der Waals surface area (Å²) in [6.45, 7) is 7.52. The first kappa shape index (κ1) is 9.74. The predicted molar refractivity (Wildman–Crippen MR) is 49.4 cm³/mol. The van der Waals surface area contributed by atoms with Gasteiger partial charge in [0.1, 0.15) is 8.07 Å². The van der Waals surface area contributed by atoms with Crippen LogP contribution < -0.4 is 5.73 Å². The molecule has 0 radical (unpaired) electrons. The summed E-state index contributed by atoms with van der Waals surface area (Å²) < 4.78 is 0. The van der Waals surface area contributed by atoms with Gasteiger partial charge in [-0.3, -0.25) is 0 Å². The molecule has 0 bridgehead atoms. The van der Waals surface area contributed by atoms with Crippen molar-refractivity contribution in [1.82, 2.24) is 0 Å². The van der Waals surface area contributed by atoms with Crippen LogP contribution >= 0.6 is 0 Å². The first-order valence-corrected chi connectivity index (χ1v) is 7.26. The summed E-state index contributed by atoms with van der Waals surface area (Å²) in [5.74, 6) is 3.16. The third-order valence-electron chi connectivity index (χ3n) is 0.969. The first-order chi connectivity index (χ1) is 4.56. The van der Waals surface area contributed by atoms with Gasteiger partial charge in [0.15, 0.2) is 0 Å². The molecule has 0 saturated carbocycles. The normalized spacial score (nSPS) is 10.4. The number of nitrogens with two attached hydrogens (primary N) is 1. The van der Waals surface area contributed by atoms with Gasteiger partial charge in [0.25, 0.3) is 0 Å². The van der Waals surface area contributed by atoms with Crippen LogP contribution in [-0.4, -0.2) is 14.6 Å². The average molecular weight is 155 g/mol. The van der Waals surface area contributed by atoms with Crippen molar-refractivity contribution in [1.29, 1.82) is 0 Å². The Hall–Kier alpha value is -0.263. The Kier molecular flexibility index (Phi) is 4.42. The van der Waals surface area contributed by atoms with Crippen LogP contribution in [0.2, 0.25) is 19.6 Å². The van der Waals surface area contributed by atoms with Crippen molar-refractivity contribution in [2.45, 2.75) is 32.5 Å². The summed E-state index contributed by atoms with van der Waals surface area (Å²) >= 11 is 0. The molecular weight excluding hydrogens is 138 g/mol. The molecule has 0 spiro atoms. The molecule has 0 aliphatic rings. The van der Waals surface area contributed by atoms with E-state index in [2.05, 4.69) is 31.1 Å². The topological polar surface area (TPSA) is 26.0 Å². The molecule has 0 aliphatic carbocycles. The van der Waals surface area contributed by atoms with Crippen LogP contribution in [0.5, 0.6) is 0 Å². The minimum absolute atomic E-state index is 0.764. The second-order valence-corrected chi connectivity index (χ2v) is 8.19. The molecule has 0 fully saturated rings. The maximum Gasteiger partial charge on any atom is 0.129 e. The largest absolute Gasteiger partial charge is 0.330 e. The quantitative estimate of drug-likeness (QED) is 0.366. The van der Waals surface area contributed by atoms with Crippen LogP contribution in [0, 0.1) is 11.5 Å². The molecule has 0 aliphatic heterocycles. The van der Waals surface area contributed by atoms with E-state index >= 15 is 0 Å². The van der Waals surface area contributed by atoms with Crippen LogP contribution in [0.25, 0.3) is 0 Å². The van der Waals surface area contributed by atoms with Gasteiger partial charge >= 0.3 is 0 Å². The highest BCUT2D eigenvalue weighted by Crippen LogP contribution is 1.96. The van der Waals surface area contributed by atoms with E-state index in [0.717, 1.165) is 19.4 Å². The Morgan fingerprint density at radius 3 is 2.30 bits per heavy atom. The van der Waals surface area contributed by atoms with Gasteiger partial charge < -0.3 is 5.73 Å². The van der Waals surface area contributed by atoms with E-state index in [-0.39, 0.29) is 0 Å². The van der Waals surface area contributed by atoms with Gasteiger partial charge in [0.2, 0.25) is 0 Å². The fourth-order valence-corrected chi connectivity index (χ4v) is 1.17. The summed E-state index contributed by atoms with van der Waals surface area (Å²) in [5.41, 5.74) is 8.61. The molecule has 0 unspecified atom stereocenters. The van der Waals surface area contributed by atoms with Crippen molar-refractivity contribution >= 4 is 8.07 Å². The van der Waals surface area contributed by atoms with E-state index in [9.17, 15) is 0 Å². The first-order valence-electron chi connectivity index (χ1n) is 3.76. The Morgan fingerprint density at radius 2 is 1.90 bits per heavy atom. The van der Waals surface area contributed by atoms with Gasteiger partial charge in [-0.05, 0) is 13.0 Å². The van der Waals surface area contributed by atoms with Crippen molar-refractivity contribution in [2.75, 3.05) is 6.54 Å². The molecule has 0 amide bonds. The number of unbranched alkanes of at least 4 members (excludes halogenated alkanes) is 1. The monoisotopic (exact) mass is 155 g/mol. The lowest BCUT2D eigenvalue weighted by atomic mass is 10.3. The number of rotatable bonds is 2. The van der Waals surface area contributed by atoms with E-state index in [1.165, 1.54) is 0 Å². The lowest BCUT2D eigenvalue weighted by Crippen LogP contribution is -2.16. The Bertz CT molecular complexity index is 136. The average Bonchev–Trinajstić information content (AvgIpc) is 1.78. The Morgan fingerprint density at radius 1 is 1.30 bits per heavy atom. The molecule has 10 heavy (non-hydrogen) atoms. The van der Waals surface area contributed by atoms with Crippen molar-refractivity contribution in [3.63, 3.8) is 0 Å². The Balaban J connectivity index is 3.50. The molecule has 0 atom stereocenters. The van der Waals surface area contributed by atoms with E-state index in [1.54, 1.807) is 0 Å². The second-order valence-electron chi connectivity index (χ2n) is 3.44. The smallest absolute Gasteiger partial charge is 0.129 e. The second kappa shape index (κ2) is 4.54. The van der Waals surface area contributed by atoms with Crippen LogP contribution in [-0.2, 0) is 0 Å². The summed E-state index contributed by atoms with van der Waals surface area (Å²) in [6.07, 6.45) is 2.01. The molecular formula is C8H17NSi. The summed E-state index contributed by atoms with van der Waals surface area (Å²) in [5, 5.41) is 0. The Labute approximate surface area is 65.0 Å². The molecule has 2 N–H and O–H groups in total. The minimum atomic E-state index is -1.11. The molecule has 1 nitrogen and oxygen atoms in total. The SMILES string of the molecule is C[Si](C)(C)C#CCCCN. The van der Waals surface area contributed by atoms with Gasteiger partial charge in [-0.25, -0.2) is 0 Å². The molecule has 0 saturated heterocycles. The molecule has 0 rings (SSSR count). The van der Waals surface area contributed by atoms with Crippen LogP contribution in [0.15, 0.2) is 0 Å². The van der Waals surface area contributed by atoms with Crippen molar-refractivity contribution in [3.05, 3.63) is 0 Å². The minimum Gasteiger partial charge on any atom is -0.330 e. The highest BCUT2D eigenvalue weighted by Gasteiger charge is 2.06. The maximum atomic E-state index is 5.32. The van der Waals surface area contributed by atoms with Gasteiger partial charge in [-0.15, -0.1) is 11.5 Å². The van der Waals surface area contributed by atoms with Crippen molar-refractivity contribution in [2.24, 2.45) is 5.73 Å². The standard InChI is InChI=1S/C8H17NSi/c1-10(2,3)8-6-4-5-7-9/h4-5,7,9H2,1-3H3.